The standard InChI is InChI=1S/C17H19ClN2O4/c1-10-13-9-11(18)3-4-14(13)24-15(10)16(21)19-12-5-7-20(8-6-12)17(22)23-2/h3-4,9,12H,5-8H2,1-2H3,(H,19,21). The Morgan fingerprint density at radius 2 is 2.04 bits per heavy atom. The molecule has 0 unspecified atom stereocenters. The van der Waals surface area contributed by atoms with Gasteiger partial charge in [-0.25, -0.2) is 4.79 Å². The number of piperidine rings is 1. The molecule has 2 amide bonds. The summed E-state index contributed by atoms with van der Waals surface area (Å²) in [7, 11) is 1.37. The van der Waals surface area contributed by atoms with E-state index in [0.29, 0.717) is 42.3 Å². The number of amides is 2. The number of hydrogen-bond donors (Lipinski definition) is 1. The van der Waals surface area contributed by atoms with E-state index in [1.165, 1.54) is 7.11 Å². The zero-order chi connectivity index (χ0) is 17.3. The van der Waals surface area contributed by atoms with Crippen molar-refractivity contribution in [3.8, 4) is 0 Å². The van der Waals surface area contributed by atoms with Gasteiger partial charge in [0, 0.05) is 35.1 Å². The SMILES string of the molecule is COC(=O)N1CCC(NC(=O)c2oc3ccc(Cl)cc3c2C)CC1. The van der Waals surface area contributed by atoms with Crippen molar-refractivity contribution in [3.05, 3.63) is 34.5 Å². The molecule has 1 N–H and O–H groups in total. The average molecular weight is 351 g/mol. The van der Waals surface area contributed by atoms with Crippen LogP contribution in [-0.2, 0) is 4.74 Å². The Morgan fingerprint density at radius 1 is 1.33 bits per heavy atom. The first-order valence-corrected chi connectivity index (χ1v) is 8.20. The molecule has 6 nitrogen and oxygen atoms in total. The van der Waals surface area contributed by atoms with Gasteiger partial charge in [0.15, 0.2) is 5.76 Å². The van der Waals surface area contributed by atoms with E-state index >= 15 is 0 Å². The second-order valence-corrected chi connectivity index (χ2v) is 6.34. The fourth-order valence-corrected chi connectivity index (χ4v) is 3.17. The Labute approximate surface area is 144 Å². The Hall–Kier alpha value is -2.21. The summed E-state index contributed by atoms with van der Waals surface area (Å²) in [6.07, 6.45) is 1.04. The Bertz CT molecular complexity index is 778. The molecular weight excluding hydrogens is 332 g/mol. The van der Waals surface area contributed by atoms with Crippen LogP contribution < -0.4 is 5.32 Å². The number of carbonyl (C=O) groups is 2. The minimum Gasteiger partial charge on any atom is -0.453 e. The molecular formula is C17H19ClN2O4. The highest BCUT2D eigenvalue weighted by Gasteiger charge is 2.26. The van der Waals surface area contributed by atoms with Gasteiger partial charge < -0.3 is 19.4 Å². The van der Waals surface area contributed by atoms with Crippen LogP contribution in [0.4, 0.5) is 4.79 Å². The van der Waals surface area contributed by atoms with Crippen LogP contribution >= 0.6 is 11.6 Å². The molecule has 1 aromatic carbocycles. The third-order valence-electron chi connectivity index (χ3n) is 4.37. The van der Waals surface area contributed by atoms with E-state index in [4.69, 9.17) is 20.8 Å². The van der Waals surface area contributed by atoms with Gasteiger partial charge in [0.1, 0.15) is 5.58 Å². The number of nitrogens with zero attached hydrogens (tertiary/aromatic N) is 1. The van der Waals surface area contributed by atoms with Crippen LogP contribution in [0, 0.1) is 6.92 Å². The van der Waals surface area contributed by atoms with Crippen molar-refractivity contribution in [1.29, 1.82) is 0 Å². The van der Waals surface area contributed by atoms with Crippen molar-refractivity contribution in [1.82, 2.24) is 10.2 Å². The summed E-state index contributed by atoms with van der Waals surface area (Å²) in [6.45, 7) is 2.97. The van der Waals surface area contributed by atoms with Crippen LogP contribution in [0.5, 0.6) is 0 Å². The number of halogens is 1. The third kappa shape index (κ3) is 3.19. The molecule has 24 heavy (non-hydrogen) atoms. The van der Waals surface area contributed by atoms with E-state index in [1.807, 2.05) is 6.92 Å². The molecule has 1 aliphatic heterocycles. The first-order valence-electron chi connectivity index (χ1n) is 7.82. The topological polar surface area (TPSA) is 71.8 Å². The van der Waals surface area contributed by atoms with Crippen molar-refractivity contribution >= 4 is 34.6 Å². The number of likely N-dealkylation sites (tertiary alicyclic amines) is 1. The number of ether oxygens (including phenoxy) is 1. The van der Waals surface area contributed by atoms with Crippen molar-refractivity contribution < 1.29 is 18.7 Å². The predicted octanol–water partition coefficient (Wildman–Crippen LogP) is 3.36. The molecule has 0 aliphatic carbocycles. The summed E-state index contributed by atoms with van der Waals surface area (Å²) < 4.78 is 10.4. The van der Waals surface area contributed by atoms with Crippen LogP contribution in [0.2, 0.25) is 5.02 Å². The van der Waals surface area contributed by atoms with E-state index in [-0.39, 0.29) is 18.0 Å². The van der Waals surface area contributed by atoms with Gasteiger partial charge in [0.25, 0.3) is 5.91 Å². The zero-order valence-corrected chi connectivity index (χ0v) is 14.4. The maximum atomic E-state index is 12.5. The lowest BCUT2D eigenvalue weighted by Gasteiger charge is -2.31. The lowest BCUT2D eigenvalue weighted by molar-refractivity contribution is 0.0868. The van der Waals surface area contributed by atoms with E-state index in [0.717, 1.165) is 10.9 Å². The Morgan fingerprint density at radius 3 is 2.71 bits per heavy atom. The molecule has 3 rings (SSSR count). The minimum atomic E-state index is -0.329. The summed E-state index contributed by atoms with van der Waals surface area (Å²) >= 11 is 6.00. The third-order valence-corrected chi connectivity index (χ3v) is 4.60. The van der Waals surface area contributed by atoms with Crippen molar-refractivity contribution in [2.45, 2.75) is 25.8 Å². The molecule has 0 saturated carbocycles. The predicted molar refractivity (Wildman–Crippen MR) is 90.4 cm³/mol. The van der Waals surface area contributed by atoms with Crippen molar-refractivity contribution in [2.75, 3.05) is 20.2 Å². The molecule has 0 radical (unpaired) electrons. The molecule has 7 heteroatoms. The Balaban J connectivity index is 1.68. The molecule has 2 aromatic rings. The number of furan rings is 1. The highest BCUT2D eigenvalue weighted by atomic mass is 35.5. The number of nitrogens with one attached hydrogen (secondary N) is 1. The number of rotatable bonds is 2. The van der Waals surface area contributed by atoms with Crippen LogP contribution in [-0.4, -0.2) is 43.1 Å². The maximum Gasteiger partial charge on any atom is 0.409 e. The summed E-state index contributed by atoms with van der Waals surface area (Å²) in [5, 5.41) is 4.43. The normalized spacial score (nSPS) is 15.5. The summed E-state index contributed by atoms with van der Waals surface area (Å²) in [5.74, 6) is 0.0685. The first kappa shape index (κ1) is 16.6. The van der Waals surface area contributed by atoms with Gasteiger partial charge in [-0.05, 0) is 38.0 Å². The molecule has 0 spiro atoms. The molecule has 0 atom stereocenters. The lowest BCUT2D eigenvalue weighted by Crippen LogP contribution is -2.46. The number of carbonyl (C=O) groups excluding carboxylic acids is 2. The largest absolute Gasteiger partial charge is 0.453 e. The second-order valence-electron chi connectivity index (χ2n) is 5.90. The van der Waals surface area contributed by atoms with E-state index in [9.17, 15) is 9.59 Å². The van der Waals surface area contributed by atoms with E-state index in [1.54, 1.807) is 23.1 Å². The van der Waals surface area contributed by atoms with Gasteiger partial charge in [0.05, 0.1) is 7.11 Å². The molecule has 1 aliphatic rings. The van der Waals surface area contributed by atoms with Gasteiger partial charge in [0.2, 0.25) is 0 Å². The van der Waals surface area contributed by atoms with Crippen LogP contribution in [0.15, 0.2) is 22.6 Å². The zero-order valence-electron chi connectivity index (χ0n) is 13.6. The first-order chi connectivity index (χ1) is 11.5. The second kappa shape index (κ2) is 6.73. The van der Waals surface area contributed by atoms with E-state index in [2.05, 4.69) is 5.32 Å². The molecule has 1 fully saturated rings. The lowest BCUT2D eigenvalue weighted by atomic mass is 10.0. The van der Waals surface area contributed by atoms with Gasteiger partial charge >= 0.3 is 6.09 Å². The van der Waals surface area contributed by atoms with Gasteiger partial charge in [-0.3, -0.25) is 4.79 Å². The van der Waals surface area contributed by atoms with Gasteiger partial charge in [-0.2, -0.15) is 0 Å². The fraction of sp³-hybridized carbons (Fsp3) is 0.412. The maximum absolute atomic E-state index is 12.5. The monoisotopic (exact) mass is 350 g/mol. The number of aryl methyl sites for hydroxylation is 1. The van der Waals surface area contributed by atoms with Crippen molar-refractivity contribution in [2.24, 2.45) is 0 Å². The smallest absolute Gasteiger partial charge is 0.409 e. The van der Waals surface area contributed by atoms with Crippen molar-refractivity contribution in [3.63, 3.8) is 0 Å². The number of methoxy groups -OCH3 is 1. The fourth-order valence-electron chi connectivity index (χ4n) is 3.00. The highest BCUT2D eigenvalue weighted by Crippen LogP contribution is 2.28. The average Bonchev–Trinajstić information content (AvgIpc) is 2.91. The summed E-state index contributed by atoms with van der Waals surface area (Å²) in [6, 6.07) is 5.30. The Kier molecular flexibility index (Phi) is 4.66. The molecule has 1 aromatic heterocycles. The minimum absolute atomic E-state index is 0.00889. The molecule has 1 saturated heterocycles. The van der Waals surface area contributed by atoms with Gasteiger partial charge in [-0.1, -0.05) is 11.6 Å². The summed E-state index contributed by atoms with van der Waals surface area (Å²) in [4.78, 5) is 25.6. The molecule has 2 heterocycles. The van der Waals surface area contributed by atoms with Crippen LogP contribution in [0.1, 0.15) is 29.0 Å². The number of benzene rings is 1. The number of fused-ring (bicyclic) bond motifs is 1. The number of hydrogen-bond acceptors (Lipinski definition) is 4. The van der Waals surface area contributed by atoms with Crippen LogP contribution in [0.25, 0.3) is 11.0 Å². The highest BCUT2D eigenvalue weighted by molar-refractivity contribution is 6.31. The molecule has 128 valence electrons. The van der Waals surface area contributed by atoms with Crippen LogP contribution in [0.3, 0.4) is 0 Å². The quantitative estimate of drug-likeness (QED) is 0.901. The molecule has 0 bridgehead atoms. The van der Waals surface area contributed by atoms with E-state index < -0.39 is 0 Å². The van der Waals surface area contributed by atoms with Gasteiger partial charge in [-0.15, -0.1) is 0 Å². The summed E-state index contributed by atoms with van der Waals surface area (Å²) in [5.41, 5.74) is 1.42.